The molecule has 0 atom stereocenters. The van der Waals surface area contributed by atoms with Crippen LogP contribution in [0.15, 0.2) is 83.3 Å². The van der Waals surface area contributed by atoms with E-state index >= 15 is 0 Å². The third-order valence-corrected chi connectivity index (χ3v) is 8.26. The fourth-order valence-corrected chi connectivity index (χ4v) is 5.56. The molecule has 2 N–H and O–H groups in total. The summed E-state index contributed by atoms with van der Waals surface area (Å²) in [6.07, 6.45) is 2.83. The second kappa shape index (κ2) is 13.8. The predicted molar refractivity (Wildman–Crippen MR) is 179 cm³/mol. The summed E-state index contributed by atoms with van der Waals surface area (Å²) in [6, 6.07) is 21.1. The first-order valence-electron chi connectivity index (χ1n) is 13.1. The highest BCUT2D eigenvalue weighted by molar-refractivity contribution is 7.80. The second-order valence-electron chi connectivity index (χ2n) is 9.53. The van der Waals surface area contributed by atoms with Crippen LogP contribution in [0.2, 0.25) is 20.1 Å². The molecule has 2 amide bonds. The predicted octanol–water partition coefficient (Wildman–Crippen LogP) is 8.05. The van der Waals surface area contributed by atoms with Gasteiger partial charge in [0.25, 0.3) is 5.91 Å². The first kappa shape index (κ1) is 30.9. The van der Waals surface area contributed by atoms with Gasteiger partial charge in [-0.15, -0.1) is 0 Å². The number of nitrogens with zero attached hydrogens (tertiary/aromatic N) is 2. The number of benzene rings is 3. The van der Waals surface area contributed by atoms with Crippen molar-refractivity contribution < 1.29 is 14.0 Å². The first-order chi connectivity index (χ1) is 20.7. The number of carbonyl (C=O) groups is 2. The molecular formula is C31H24Cl4N4O3S. The van der Waals surface area contributed by atoms with E-state index in [1.165, 1.54) is 12.2 Å². The van der Waals surface area contributed by atoms with Crippen LogP contribution in [-0.2, 0) is 4.79 Å². The van der Waals surface area contributed by atoms with Crippen molar-refractivity contribution in [2.24, 2.45) is 0 Å². The topological polar surface area (TPSA) is 77.8 Å². The number of furan rings is 1. The highest BCUT2D eigenvalue weighted by Crippen LogP contribution is 2.34. The van der Waals surface area contributed by atoms with Gasteiger partial charge < -0.3 is 19.5 Å². The number of nitrogens with one attached hydrogen (secondary N) is 2. The Hall–Kier alpha value is -3.53. The van der Waals surface area contributed by atoms with Gasteiger partial charge in [-0.25, -0.2) is 0 Å². The van der Waals surface area contributed by atoms with Crippen molar-refractivity contribution in [1.82, 2.24) is 10.2 Å². The summed E-state index contributed by atoms with van der Waals surface area (Å²) in [4.78, 5) is 29.2. The molecule has 5 rings (SSSR count). The smallest absolute Gasteiger partial charge is 0.253 e. The van der Waals surface area contributed by atoms with E-state index in [1.54, 1.807) is 60.7 Å². The van der Waals surface area contributed by atoms with E-state index in [4.69, 9.17) is 63.0 Å². The highest BCUT2D eigenvalue weighted by Gasteiger charge is 2.23. The van der Waals surface area contributed by atoms with E-state index in [2.05, 4.69) is 15.5 Å². The molecule has 1 aromatic heterocycles. The fraction of sp³-hybridized carbons (Fsp3) is 0.129. The van der Waals surface area contributed by atoms with Gasteiger partial charge in [0.2, 0.25) is 5.91 Å². The Bertz CT molecular complexity index is 1700. The Labute approximate surface area is 274 Å². The van der Waals surface area contributed by atoms with Gasteiger partial charge in [0.1, 0.15) is 11.5 Å². The minimum atomic E-state index is -0.440. The molecule has 3 aromatic carbocycles. The summed E-state index contributed by atoms with van der Waals surface area (Å²) in [6.45, 7) is 2.40. The van der Waals surface area contributed by atoms with Crippen LogP contribution in [0.3, 0.4) is 0 Å². The van der Waals surface area contributed by atoms with Crippen LogP contribution < -0.4 is 15.5 Å². The zero-order valence-electron chi connectivity index (χ0n) is 22.5. The number of hydrogen-bond donors (Lipinski definition) is 2. The van der Waals surface area contributed by atoms with E-state index in [-0.39, 0.29) is 11.0 Å². The fourth-order valence-electron chi connectivity index (χ4n) is 4.52. The summed E-state index contributed by atoms with van der Waals surface area (Å²) in [5.74, 6) is 0.518. The monoisotopic (exact) mass is 672 g/mol. The number of rotatable bonds is 6. The van der Waals surface area contributed by atoms with E-state index in [0.717, 1.165) is 5.69 Å². The molecule has 0 spiro atoms. The molecule has 1 saturated heterocycles. The lowest BCUT2D eigenvalue weighted by atomic mass is 10.1. The quantitative estimate of drug-likeness (QED) is 0.159. The number of amides is 2. The molecule has 220 valence electrons. The van der Waals surface area contributed by atoms with Gasteiger partial charge in [0.05, 0.1) is 20.8 Å². The van der Waals surface area contributed by atoms with Crippen LogP contribution in [0.25, 0.3) is 17.4 Å². The SMILES string of the molecule is O=C(C=Cc1ccc(-c2cccc(Cl)c2Cl)o1)NC(=S)Nc1ccc(N2CCN(C(=O)c3ccc(Cl)cc3)CC2)c(Cl)c1. The number of halogens is 4. The molecule has 0 bridgehead atoms. The second-order valence-corrected chi connectivity index (χ2v) is 11.6. The van der Waals surface area contributed by atoms with Crippen LogP contribution in [0.5, 0.6) is 0 Å². The van der Waals surface area contributed by atoms with Crippen molar-refractivity contribution in [1.29, 1.82) is 0 Å². The average molecular weight is 674 g/mol. The first-order valence-corrected chi connectivity index (χ1v) is 15.0. The van der Waals surface area contributed by atoms with E-state index < -0.39 is 5.91 Å². The maximum atomic E-state index is 12.8. The molecular weight excluding hydrogens is 650 g/mol. The van der Waals surface area contributed by atoms with Gasteiger partial charge in [0.15, 0.2) is 5.11 Å². The Morgan fingerprint density at radius 2 is 1.60 bits per heavy atom. The van der Waals surface area contributed by atoms with Crippen molar-refractivity contribution in [2.75, 3.05) is 36.4 Å². The summed E-state index contributed by atoms with van der Waals surface area (Å²) >= 11 is 30.2. The normalized spacial score (nSPS) is 13.3. The Kier molecular flexibility index (Phi) is 9.95. The molecule has 2 heterocycles. The van der Waals surface area contributed by atoms with Crippen LogP contribution in [0, 0.1) is 0 Å². The van der Waals surface area contributed by atoms with Gasteiger partial charge in [-0.3, -0.25) is 14.9 Å². The van der Waals surface area contributed by atoms with Gasteiger partial charge >= 0.3 is 0 Å². The van der Waals surface area contributed by atoms with Crippen molar-refractivity contribution in [2.45, 2.75) is 0 Å². The Morgan fingerprint density at radius 3 is 2.33 bits per heavy atom. The van der Waals surface area contributed by atoms with Gasteiger partial charge in [-0.2, -0.15) is 0 Å². The van der Waals surface area contributed by atoms with Gasteiger partial charge in [0, 0.05) is 54.1 Å². The lowest BCUT2D eigenvalue weighted by Crippen LogP contribution is -2.48. The molecule has 0 radical (unpaired) electrons. The largest absolute Gasteiger partial charge is 0.457 e. The van der Waals surface area contributed by atoms with Crippen LogP contribution in [0.1, 0.15) is 16.1 Å². The minimum absolute atomic E-state index is 0.0243. The zero-order valence-corrected chi connectivity index (χ0v) is 26.3. The molecule has 4 aromatic rings. The van der Waals surface area contributed by atoms with Crippen molar-refractivity contribution in [3.8, 4) is 11.3 Å². The number of hydrogen-bond acceptors (Lipinski definition) is 5. The molecule has 43 heavy (non-hydrogen) atoms. The number of piperazine rings is 1. The standard InChI is InChI=1S/C31H24Cl4N4O3S/c32-20-6-4-19(5-7-20)30(41)39-16-14-38(15-17-39)26-11-8-21(18-25(26)34)36-31(43)37-28(40)13-10-22-9-12-27(42-22)23-2-1-3-24(33)29(23)35/h1-13,18H,14-17H2,(H2,36,37,40,43). The maximum Gasteiger partial charge on any atom is 0.253 e. The summed E-state index contributed by atoms with van der Waals surface area (Å²) < 4.78 is 5.77. The van der Waals surface area contributed by atoms with Crippen LogP contribution >= 0.6 is 58.6 Å². The van der Waals surface area contributed by atoms with Gasteiger partial charge in [-0.1, -0.05) is 52.5 Å². The highest BCUT2D eigenvalue weighted by atomic mass is 35.5. The van der Waals surface area contributed by atoms with Gasteiger partial charge in [-0.05, 0) is 85.0 Å². The average Bonchev–Trinajstić information content (AvgIpc) is 3.46. The lowest BCUT2D eigenvalue weighted by molar-refractivity contribution is -0.115. The molecule has 1 aliphatic heterocycles. The lowest BCUT2D eigenvalue weighted by Gasteiger charge is -2.36. The summed E-state index contributed by atoms with van der Waals surface area (Å²) in [5.41, 5.74) is 2.73. The van der Waals surface area contributed by atoms with Crippen molar-refractivity contribution in [3.63, 3.8) is 0 Å². The molecule has 7 nitrogen and oxygen atoms in total. The molecule has 0 unspecified atom stereocenters. The zero-order chi connectivity index (χ0) is 30.5. The number of carbonyl (C=O) groups excluding carboxylic acids is 2. The molecule has 0 saturated carbocycles. The summed E-state index contributed by atoms with van der Waals surface area (Å²) in [7, 11) is 0. The third-order valence-electron chi connectivity index (χ3n) is 6.68. The molecule has 12 heteroatoms. The molecule has 0 aliphatic carbocycles. The summed E-state index contributed by atoms with van der Waals surface area (Å²) in [5, 5.41) is 7.60. The van der Waals surface area contributed by atoms with E-state index in [0.29, 0.717) is 74.6 Å². The molecule has 1 aliphatic rings. The maximum absolute atomic E-state index is 12.8. The van der Waals surface area contributed by atoms with E-state index in [9.17, 15) is 9.59 Å². The van der Waals surface area contributed by atoms with Crippen molar-refractivity contribution >= 4 is 93.0 Å². The molecule has 1 fully saturated rings. The van der Waals surface area contributed by atoms with Crippen LogP contribution in [0.4, 0.5) is 11.4 Å². The van der Waals surface area contributed by atoms with E-state index in [1.807, 2.05) is 17.0 Å². The minimum Gasteiger partial charge on any atom is -0.457 e. The number of thiocarbonyl (C=S) groups is 1. The third kappa shape index (κ3) is 7.71. The number of anilines is 2. The Morgan fingerprint density at radius 1 is 0.860 bits per heavy atom. The Balaban J connectivity index is 1.12. The van der Waals surface area contributed by atoms with Crippen molar-refractivity contribution in [3.05, 3.63) is 110 Å². The van der Waals surface area contributed by atoms with Crippen LogP contribution in [-0.4, -0.2) is 48.0 Å².